The highest BCUT2D eigenvalue weighted by molar-refractivity contribution is 5.96. The number of hydrogen-bond acceptors (Lipinski definition) is 4. The molecule has 1 aliphatic rings. The highest BCUT2D eigenvalue weighted by atomic mass is 16.3. The second-order valence-corrected chi connectivity index (χ2v) is 4.93. The first kappa shape index (κ1) is 12.0. The molecule has 0 aliphatic carbocycles. The number of nitrogen functional groups attached to an aromatic ring is 1. The molecule has 5 heteroatoms. The highest BCUT2D eigenvalue weighted by Crippen LogP contribution is 2.23. The monoisotopic (exact) mass is 260 g/mol. The van der Waals surface area contributed by atoms with E-state index in [9.17, 15) is 9.90 Å². The summed E-state index contributed by atoms with van der Waals surface area (Å²) in [6, 6.07) is 7.02. The number of piperidine rings is 1. The summed E-state index contributed by atoms with van der Waals surface area (Å²) in [7, 11) is 0. The third-order valence-corrected chi connectivity index (χ3v) is 3.50. The van der Waals surface area contributed by atoms with Crippen LogP contribution in [0.25, 0.3) is 11.0 Å². The maximum absolute atomic E-state index is 12.3. The van der Waals surface area contributed by atoms with Crippen LogP contribution in [0, 0.1) is 0 Å². The number of benzene rings is 1. The maximum Gasteiger partial charge on any atom is 0.289 e. The van der Waals surface area contributed by atoms with Gasteiger partial charge in [-0.2, -0.15) is 0 Å². The van der Waals surface area contributed by atoms with Crippen LogP contribution in [0.3, 0.4) is 0 Å². The Hall–Kier alpha value is -2.01. The number of hydrogen-bond donors (Lipinski definition) is 2. The fourth-order valence-electron chi connectivity index (χ4n) is 2.39. The van der Waals surface area contributed by atoms with Gasteiger partial charge in [-0.05, 0) is 37.1 Å². The molecule has 0 atom stereocenters. The molecule has 2 heterocycles. The van der Waals surface area contributed by atoms with Crippen molar-refractivity contribution in [2.75, 3.05) is 18.8 Å². The summed E-state index contributed by atoms with van der Waals surface area (Å²) in [6.07, 6.45) is 0.956. The number of aliphatic hydroxyl groups excluding tert-OH is 1. The van der Waals surface area contributed by atoms with Crippen molar-refractivity contribution in [3.63, 3.8) is 0 Å². The zero-order chi connectivity index (χ0) is 13.4. The van der Waals surface area contributed by atoms with Crippen LogP contribution >= 0.6 is 0 Å². The van der Waals surface area contributed by atoms with E-state index in [0.717, 1.165) is 5.39 Å². The molecule has 2 aromatic rings. The van der Waals surface area contributed by atoms with E-state index in [1.54, 1.807) is 29.2 Å². The molecule has 0 radical (unpaired) electrons. The van der Waals surface area contributed by atoms with Crippen LogP contribution in [-0.4, -0.2) is 35.1 Å². The van der Waals surface area contributed by atoms with Gasteiger partial charge in [0, 0.05) is 24.2 Å². The standard InChI is InChI=1S/C14H16N2O3/c15-10-1-2-12-9(7-10)8-13(19-12)14(18)16-5-3-11(17)4-6-16/h1-2,7-8,11,17H,3-6,15H2. The van der Waals surface area contributed by atoms with Gasteiger partial charge in [-0.15, -0.1) is 0 Å². The van der Waals surface area contributed by atoms with Crippen LogP contribution in [0.4, 0.5) is 5.69 Å². The fraction of sp³-hybridized carbons (Fsp3) is 0.357. The van der Waals surface area contributed by atoms with Gasteiger partial charge in [-0.25, -0.2) is 0 Å². The van der Waals surface area contributed by atoms with E-state index < -0.39 is 0 Å². The van der Waals surface area contributed by atoms with Crippen molar-refractivity contribution >= 4 is 22.6 Å². The summed E-state index contributed by atoms with van der Waals surface area (Å²) >= 11 is 0. The number of nitrogens with two attached hydrogens (primary N) is 1. The zero-order valence-corrected chi connectivity index (χ0v) is 10.5. The third-order valence-electron chi connectivity index (χ3n) is 3.50. The number of nitrogens with zero attached hydrogens (tertiary/aromatic N) is 1. The molecule has 0 spiro atoms. The van der Waals surface area contributed by atoms with Gasteiger partial charge in [0.05, 0.1) is 6.10 Å². The van der Waals surface area contributed by atoms with Gasteiger partial charge in [0.2, 0.25) is 0 Å². The Balaban J connectivity index is 1.85. The number of carbonyl (C=O) groups excluding carboxylic acids is 1. The summed E-state index contributed by atoms with van der Waals surface area (Å²) in [5.74, 6) is 0.207. The lowest BCUT2D eigenvalue weighted by atomic mass is 10.1. The minimum absolute atomic E-state index is 0.123. The minimum atomic E-state index is -0.292. The average molecular weight is 260 g/mol. The molecule has 1 amide bonds. The zero-order valence-electron chi connectivity index (χ0n) is 10.5. The van der Waals surface area contributed by atoms with E-state index in [1.807, 2.05) is 0 Å². The van der Waals surface area contributed by atoms with E-state index in [4.69, 9.17) is 10.2 Å². The summed E-state index contributed by atoms with van der Waals surface area (Å²) in [5.41, 5.74) is 7.01. The van der Waals surface area contributed by atoms with Crippen molar-refractivity contribution in [1.29, 1.82) is 0 Å². The predicted octanol–water partition coefficient (Wildman–Crippen LogP) is 1.61. The Morgan fingerprint density at radius 1 is 1.32 bits per heavy atom. The number of rotatable bonds is 1. The molecule has 3 rings (SSSR count). The first-order chi connectivity index (χ1) is 9.13. The number of aliphatic hydroxyl groups is 1. The lowest BCUT2D eigenvalue weighted by molar-refractivity contribution is 0.0522. The average Bonchev–Trinajstić information content (AvgIpc) is 2.81. The second-order valence-electron chi connectivity index (χ2n) is 4.93. The number of carbonyl (C=O) groups is 1. The largest absolute Gasteiger partial charge is 0.451 e. The normalized spacial score (nSPS) is 17.0. The quantitative estimate of drug-likeness (QED) is 0.763. The van der Waals surface area contributed by atoms with Gasteiger partial charge in [0.25, 0.3) is 5.91 Å². The van der Waals surface area contributed by atoms with Crippen LogP contribution in [0.1, 0.15) is 23.4 Å². The first-order valence-corrected chi connectivity index (χ1v) is 6.40. The SMILES string of the molecule is Nc1ccc2oc(C(=O)N3CCC(O)CC3)cc2c1. The Morgan fingerprint density at radius 3 is 2.79 bits per heavy atom. The van der Waals surface area contributed by atoms with Crippen molar-refractivity contribution in [2.45, 2.75) is 18.9 Å². The van der Waals surface area contributed by atoms with Gasteiger partial charge in [0.1, 0.15) is 5.58 Å². The number of furan rings is 1. The van der Waals surface area contributed by atoms with Crippen LogP contribution in [0.5, 0.6) is 0 Å². The molecule has 1 fully saturated rings. The van der Waals surface area contributed by atoms with Crippen LogP contribution in [0.2, 0.25) is 0 Å². The fourth-order valence-corrected chi connectivity index (χ4v) is 2.39. The molecule has 0 saturated carbocycles. The first-order valence-electron chi connectivity index (χ1n) is 6.40. The summed E-state index contributed by atoms with van der Waals surface area (Å²) in [4.78, 5) is 14.0. The van der Waals surface area contributed by atoms with Gasteiger partial charge in [-0.1, -0.05) is 0 Å². The topological polar surface area (TPSA) is 79.7 Å². The van der Waals surface area contributed by atoms with E-state index in [2.05, 4.69) is 0 Å². The predicted molar refractivity (Wildman–Crippen MR) is 71.8 cm³/mol. The van der Waals surface area contributed by atoms with E-state index >= 15 is 0 Å². The third kappa shape index (κ3) is 2.29. The number of anilines is 1. The Kier molecular flexibility index (Phi) is 2.91. The molecule has 5 nitrogen and oxygen atoms in total. The lowest BCUT2D eigenvalue weighted by Gasteiger charge is -2.28. The molecule has 1 aliphatic heterocycles. The summed E-state index contributed by atoms with van der Waals surface area (Å²) in [6.45, 7) is 1.14. The summed E-state index contributed by atoms with van der Waals surface area (Å²) < 4.78 is 5.56. The smallest absolute Gasteiger partial charge is 0.289 e. The maximum atomic E-state index is 12.3. The van der Waals surface area contributed by atoms with Crippen molar-refractivity contribution < 1.29 is 14.3 Å². The molecule has 1 aromatic carbocycles. The molecule has 0 bridgehead atoms. The van der Waals surface area contributed by atoms with Crippen molar-refractivity contribution in [3.8, 4) is 0 Å². The number of fused-ring (bicyclic) bond motifs is 1. The molecule has 3 N–H and O–H groups in total. The van der Waals surface area contributed by atoms with Gasteiger partial charge in [-0.3, -0.25) is 4.79 Å². The van der Waals surface area contributed by atoms with E-state index in [-0.39, 0.29) is 12.0 Å². The molecular formula is C14H16N2O3. The van der Waals surface area contributed by atoms with Crippen LogP contribution in [0.15, 0.2) is 28.7 Å². The molecular weight excluding hydrogens is 244 g/mol. The van der Waals surface area contributed by atoms with E-state index in [0.29, 0.717) is 43.0 Å². The molecule has 19 heavy (non-hydrogen) atoms. The molecule has 0 unspecified atom stereocenters. The Labute approximate surface area is 110 Å². The lowest BCUT2D eigenvalue weighted by Crippen LogP contribution is -2.39. The number of amides is 1. The molecule has 100 valence electrons. The Bertz CT molecular complexity index is 612. The second kappa shape index (κ2) is 4.59. The minimum Gasteiger partial charge on any atom is -0.451 e. The molecule has 1 aromatic heterocycles. The highest BCUT2D eigenvalue weighted by Gasteiger charge is 2.24. The van der Waals surface area contributed by atoms with Gasteiger partial charge < -0.3 is 20.2 Å². The van der Waals surface area contributed by atoms with Crippen LogP contribution in [-0.2, 0) is 0 Å². The van der Waals surface area contributed by atoms with Gasteiger partial charge >= 0.3 is 0 Å². The Morgan fingerprint density at radius 2 is 2.05 bits per heavy atom. The summed E-state index contributed by atoms with van der Waals surface area (Å²) in [5, 5.41) is 10.3. The van der Waals surface area contributed by atoms with Gasteiger partial charge in [0.15, 0.2) is 5.76 Å². The van der Waals surface area contributed by atoms with E-state index in [1.165, 1.54) is 0 Å². The van der Waals surface area contributed by atoms with Crippen molar-refractivity contribution in [3.05, 3.63) is 30.0 Å². The number of likely N-dealkylation sites (tertiary alicyclic amines) is 1. The molecule has 1 saturated heterocycles. The van der Waals surface area contributed by atoms with Crippen molar-refractivity contribution in [1.82, 2.24) is 4.90 Å². The van der Waals surface area contributed by atoms with Crippen LogP contribution < -0.4 is 5.73 Å². The van der Waals surface area contributed by atoms with Crippen molar-refractivity contribution in [2.24, 2.45) is 0 Å².